The molecular formula is C18H18ClN3O5. The van der Waals surface area contributed by atoms with E-state index in [4.69, 9.17) is 16.3 Å². The minimum Gasteiger partial charge on any atom is -0.484 e. The van der Waals surface area contributed by atoms with Crippen LogP contribution in [0.5, 0.6) is 5.75 Å². The average molecular weight is 392 g/mol. The number of rotatable bonds is 8. The molecule has 0 saturated carbocycles. The van der Waals surface area contributed by atoms with E-state index in [1.54, 1.807) is 18.2 Å². The van der Waals surface area contributed by atoms with Gasteiger partial charge in [-0.05, 0) is 36.8 Å². The van der Waals surface area contributed by atoms with E-state index in [9.17, 15) is 19.7 Å². The van der Waals surface area contributed by atoms with Gasteiger partial charge in [0.2, 0.25) is 5.91 Å². The highest BCUT2D eigenvalue weighted by atomic mass is 35.5. The zero-order valence-corrected chi connectivity index (χ0v) is 15.3. The Morgan fingerprint density at radius 2 is 1.81 bits per heavy atom. The van der Waals surface area contributed by atoms with Crippen molar-refractivity contribution in [2.24, 2.45) is 0 Å². The lowest BCUT2D eigenvalue weighted by atomic mass is 10.2. The molecule has 0 radical (unpaired) electrons. The summed E-state index contributed by atoms with van der Waals surface area (Å²) in [5.74, 6) is -0.270. The Morgan fingerprint density at radius 1 is 1.11 bits per heavy atom. The van der Waals surface area contributed by atoms with Crippen molar-refractivity contribution in [3.05, 3.63) is 57.6 Å². The SMILES string of the molecule is CCCC(=O)Nc1ccc(Cl)c(NC(=O)COc2ccc([N+](=O)[O-])cc2)c1. The Labute approximate surface area is 160 Å². The average Bonchev–Trinajstić information content (AvgIpc) is 2.63. The molecule has 0 fully saturated rings. The van der Waals surface area contributed by atoms with Crippen LogP contribution in [0.2, 0.25) is 5.02 Å². The zero-order chi connectivity index (χ0) is 19.8. The van der Waals surface area contributed by atoms with Crippen molar-refractivity contribution in [2.75, 3.05) is 17.2 Å². The monoisotopic (exact) mass is 391 g/mol. The van der Waals surface area contributed by atoms with Crippen molar-refractivity contribution in [1.29, 1.82) is 0 Å². The summed E-state index contributed by atoms with van der Waals surface area (Å²) in [5, 5.41) is 16.2. The summed E-state index contributed by atoms with van der Waals surface area (Å²) in [5.41, 5.74) is 0.785. The van der Waals surface area contributed by atoms with Gasteiger partial charge in [0.15, 0.2) is 6.61 Å². The number of halogens is 1. The fraction of sp³-hybridized carbons (Fsp3) is 0.222. The van der Waals surface area contributed by atoms with Crippen LogP contribution in [0.1, 0.15) is 19.8 Å². The second kappa shape index (κ2) is 9.54. The molecule has 8 nitrogen and oxygen atoms in total. The van der Waals surface area contributed by atoms with Gasteiger partial charge in [-0.3, -0.25) is 19.7 Å². The Balaban J connectivity index is 1.94. The topological polar surface area (TPSA) is 111 Å². The molecule has 2 rings (SSSR count). The lowest BCUT2D eigenvalue weighted by Crippen LogP contribution is -2.20. The molecule has 9 heteroatoms. The Morgan fingerprint density at radius 3 is 2.44 bits per heavy atom. The maximum atomic E-state index is 12.1. The van der Waals surface area contributed by atoms with Gasteiger partial charge in [0, 0.05) is 24.2 Å². The number of nitrogens with one attached hydrogen (secondary N) is 2. The van der Waals surface area contributed by atoms with Crippen molar-refractivity contribution in [1.82, 2.24) is 0 Å². The van der Waals surface area contributed by atoms with Gasteiger partial charge < -0.3 is 15.4 Å². The van der Waals surface area contributed by atoms with Crippen molar-refractivity contribution in [3.63, 3.8) is 0 Å². The quantitative estimate of drug-likeness (QED) is 0.521. The van der Waals surface area contributed by atoms with E-state index in [2.05, 4.69) is 10.6 Å². The van der Waals surface area contributed by atoms with Gasteiger partial charge in [-0.15, -0.1) is 0 Å². The molecule has 0 aliphatic carbocycles. The van der Waals surface area contributed by atoms with Crippen LogP contribution in [0.15, 0.2) is 42.5 Å². The molecule has 0 spiro atoms. The summed E-state index contributed by atoms with van der Waals surface area (Å²) in [4.78, 5) is 33.8. The molecule has 27 heavy (non-hydrogen) atoms. The molecule has 2 aromatic carbocycles. The van der Waals surface area contributed by atoms with E-state index in [0.29, 0.717) is 28.6 Å². The highest BCUT2D eigenvalue weighted by Crippen LogP contribution is 2.26. The van der Waals surface area contributed by atoms with Crippen molar-refractivity contribution < 1.29 is 19.2 Å². The zero-order valence-electron chi connectivity index (χ0n) is 14.5. The normalized spacial score (nSPS) is 10.1. The number of benzene rings is 2. The van der Waals surface area contributed by atoms with Crippen molar-refractivity contribution >= 4 is 40.5 Å². The molecule has 2 aromatic rings. The van der Waals surface area contributed by atoms with Crippen LogP contribution in [-0.4, -0.2) is 23.3 Å². The third-order valence-electron chi connectivity index (χ3n) is 3.42. The largest absolute Gasteiger partial charge is 0.484 e. The molecule has 0 aliphatic rings. The second-order valence-electron chi connectivity index (χ2n) is 5.58. The number of nitro benzene ring substituents is 1. The third kappa shape index (κ3) is 6.27. The number of amides is 2. The first-order valence-corrected chi connectivity index (χ1v) is 8.53. The molecule has 0 saturated heterocycles. The summed E-state index contributed by atoms with van der Waals surface area (Å²) >= 11 is 6.07. The Hall–Kier alpha value is -3.13. The minimum absolute atomic E-state index is 0.0690. The lowest BCUT2D eigenvalue weighted by Gasteiger charge is -2.11. The molecule has 0 bridgehead atoms. The summed E-state index contributed by atoms with van der Waals surface area (Å²) in [7, 11) is 0. The highest BCUT2D eigenvalue weighted by molar-refractivity contribution is 6.33. The lowest BCUT2D eigenvalue weighted by molar-refractivity contribution is -0.384. The molecule has 142 valence electrons. The van der Waals surface area contributed by atoms with E-state index >= 15 is 0 Å². The summed E-state index contributed by atoms with van der Waals surface area (Å²) < 4.78 is 5.29. The number of hydrogen-bond acceptors (Lipinski definition) is 5. The molecule has 0 atom stereocenters. The summed E-state index contributed by atoms with van der Waals surface area (Å²) in [6.45, 7) is 1.60. The number of nitrogens with zero attached hydrogens (tertiary/aromatic N) is 1. The van der Waals surface area contributed by atoms with Gasteiger partial charge in [0.25, 0.3) is 11.6 Å². The van der Waals surface area contributed by atoms with E-state index in [1.165, 1.54) is 24.3 Å². The molecular weight excluding hydrogens is 374 g/mol. The van der Waals surface area contributed by atoms with Gasteiger partial charge in [-0.1, -0.05) is 18.5 Å². The number of carbonyl (C=O) groups is 2. The van der Waals surface area contributed by atoms with E-state index < -0.39 is 10.8 Å². The van der Waals surface area contributed by atoms with Crippen LogP contribution in [0.3, 0.4) is 0 Å². The highest BCUT2D eigenvalue weighted by Gasteiger charge is 2.10. The van der Waals surface area contributed by atoms with Crippen LogP contribution in [0.4, 0.5) is 17.1 Å². The van der Waals surface area contributed by atoms with Crippen LogP contribution < -0.4 is 15.4 Å². The molecule has 0 unspecified atom stereocenters. The van der Waals surface area contributed by atoms with E-state index in [-0.39, 0.29) is 18.2 Å². The standard InChI is InChI=1S/C18H18ClN3O5/c1-2-3-17(23)20-12-4-9-15(19)16(10-12)21-18(24)11-27-14-7-5-13(6-8-14)22(25)26/h4-10H,2-3,11H2,1H3,(H,20,23)(H,21,24). The number of carbonyl (C=O) groups excluding carboxylic acids is 2. The van der Waals surface area contributed by atoms with Crippen LogP contribution in [-0.2, 0) is 9.59 Å². The summed E-state index contributed by atoms with van der Waals surface area (Å²) in [6.07, 6.45) is 1.12. The number of nitro groups is 1. The number of ether oxygens (including phenoxy) is 1. The predicted octanol–water partition coefficient (Wildman–Crippen LogP) is 4.00. The Bertz CT molecular complexity index is 839. The van der Waals surface area contributed by atoms with E-state index in [1.807, 2.05) is 6.92 Å². The Kier molecular flexibility index (Phi) is 7.13. The molecule has 0 aromatic heterocycles. The first-order valence-electron chi connectivity index (χ1n) is 8.15. The van der Waals surface area contributed by atoms with Crippen LogP contribution in [0.25, 0.3) is 0 Å². The minimum atomic E-state index is -0.523. The first-order chi connectivity index (χ1) is 12.9. The third-order valence-corrected chi connectivity index (χ3v) is 3.75. The van der Waals surface area contributed by atoms with Gasteiger partial charge in [-0.25, -0.2) is 0 Å². The maximum absolute atomic E-state index is 12.1. The van der Waals surface area contributed by atoms with Gasteiger partial charge >= 0.3 is 0 Å². The van der Waals surface area contributed by atoms with E-state index in [0.717, 1.165) is 6.42 Å². The van der Waals surface area contributed by atoms with Crippen molar-refractivity contribution in [3.8, 4) is 5.75 Å². The molecule has 2 amide bonds. The molecule has 2 N–H and O–H groups in total. The van der Waals surface area contributed by atoms with Crippen LogP contribution in [0, 0.1) is 10.1 Å². The summed E-state index contributed by atoms with van der Waals surface area (Å²) in [6, 6.07) is 10.1. The maximum Gasteiger partial charge on any atom is 0.269 e. The predicted molar refractivity (Wildman–Crippen MR) is 102 cm³/mol. The van der Waals surface area contributed by atoms with Gasteiger partial charge in [0.05, 0.1) is 15.6 Å². The van der Waals surface area contributed by atoms with Crippen LogP contribution >= 0.6 is 11.6 Å². The fourth-order valence-electron chi connectivity index (χ4n) is 2.15. The molecule has 0 heterocycles. The number of non-ortho nitro benzene ring substituents is 1. The number of hydrogen-bond donors (Lipinski definition) is 2. The second-order valence-corrected chi connectivity index (χ2v) is 5.99. The van der Waals surface area contributed by atoms with Gasteiger partial charge in [-0.2, -0.15) is 0 Å². The first kappa shape index (κ1) is 20.2. The smallest absolute Gasteiger partial charge is 0.269 e. The van der Waals surface area contributed by atoms with Crippen molar-refractivity contribution in [2.45, 2.75) is 19.8 Å². The molecule has 0 aliphatic heterocycles. The number of anilines is 2. The van der Waals surface area contributed by atoms with Gasteiger partial charge in [0.1, 0.15) is 5.75 Å². The fourth-order valence-corrected chi connectivity index (χ4v) is 2.31.